The van der Waals surface area contributed by atoms with Gasteiger partial charge < -0.3 is 19.3 Å². The van der Waals surface area contributed by atoms with E-state index in [4.69, 9.17) is 14.2 Å². The molecule has 0 aromatic rings. The first-order chi connectivity index (χ1) is 10.7. The Hall–Kier alpha value is -0.420. The highest BCUT2D eigenvalue weighted by atomic mass is 16.6. The number of ether oxygens (including phenoxy) is 3. The molecule has 3 aliphatic heterocycles. The average molecular weight is 324 g/mol. The van der Waals surface area contributed by atoms with Crippen LogP contribution in [0, 0.1) is 0 Å². The van der Waals surface area contributed by atoms with Crippen LogP contribution in [0.5, 0.6) is 0 Å². The summed E-state index contributed by atoms with van der Waals surface area (Å²) in [7, 11) is 0. The minimum absolute atomic E-state index is 0.0185. The Labute approximate surface area is 140 Å². The molecule has 3 fully saturated rings. The Morgan fingerprint density at radius 2 is 1.39 bits per heavy atom. The lowest BCUT2D eigenvalue weighted by Crippen LogP contribution is -2.16. The van der Waals surface area contributed by atoms with Gasteiger partial charge in [-0.2, -0.15) is 0 Å². The predicted octanol–water partition coefficient (Wildman–Crippen LogP) is 3.37. The molecule has 3 saturated heterocycles. The lowest BCUT2D eigenvalue weighted by Gasteiger charge is -2.08. The molecule has 4 heteroatoms. The second-order valence-corrected chi connectivity index (χ2v) is 8.51. The first-order valence-corrected chi connectivity index (χ1v) is 9.03. The molecule has 0 radical (unpaired) electrons. The molecular weight excluding hydrogens is 292 g/mol. The van der Waals surface area contributed by atoms with Crippen molar-refractivity contribution in [2.24, 2.45) is 0 Å². The molecule has 132 valence electrons. The minimum Gasteiger partial charge on any atom is -0.389 e. The fourth-order valence-corrected chi connectivity index (χ4v) is 3.76. The molecule has 3 aliphatic rings. The summed E-state index contributed by atoms with van der Waals surface area (Å²) in [5.41, 5.74) is 0.108. The average Bonchev–Trinajstić information content (AvgIpc) is 3.41. The van der Waals surface area contributed by atoms with Crippen molar-refractivity contribution < 1.29 is 19.3 Å². The number of hydrogen-bond donors (Lipinski definition) is 1. The maximum absolute atomic E-state index is 9.54. The summed E-state index contributed by atoms with van der Waals surface area (Å²) in [6.45, 7) is 12.3. The predicted molar refractivity (Wildman–Crippen MR) is 89.4 cm³/mol. The van der Waals surface area contributed by atoms with Crippen molar-refractivity contribution in [2.75, 3.05) is 0 Å². The fourth-order valence-electron chi connectivity index (χ4n) is 3.76. The fraction of sp³-hybridized carbons (Fsp3) is 0.895. The maximum Gasteiger partial charge on any atom is 0.0921 e. The highest BCUT2D eigenvalue weighted by Gasteiger charge is 2.57. The summed E-state index contributed by atoms with van der Waals surface area (Å²) in [5.74, 6) is 0. The second kappa shape index (κ2) is 5.83. The van der Waals surface area contributed by atoms with Gasteiger partial charge >= 0.3 is 0 Å². The third kappa shape index (κ3) is 3.98. The topological polar surface area (TPSA) is 57.8 Å². The number of epoxide rings is 3. The summed E-state index contributed by atoms with van der Waals surface area (Å²) in [6, 6.07) is 0. The summed E-state index contributed by atoms with van der Waals surface area (Å²) >= 11 is 0. The van der Waals surface area contributed by atoms with Gasteiger partial charge in [0.05, 0.1) is 41.2 Å². The Balaban J connectivity index is 1.32. The molecule has 0 amide bonds. The molecular formula is C19H32O4. The molecule has 1 N–H and O–H groups in total. The molecule has 0 aromatic heterocycles. The Morgan fingerprint density at radius 3 is 1.87 bits per heavy atom. The van der Waals surface area contributed by atoms with Crippen molar-refractivity contribution in [1.29, 1.82) is 0 Å². The molecule has 0 aromatic carbocycles. The number of aliphatic hydroxyl groups is 1. The van der Waals surface area contributed by atoms with Gasteiger partial charge in [0.1, 0.15) is 0 Å². The van der Waals surface area contributed by atoms with Crippen LogP contribution in [0.3, 0.4) is 0 Å². The van der Waals surface area contributed by atoms with Crippen molar-refractivity contribution >= 4 is 0 Å². The van der Waals surface area contributed by atoms with Crippen LogP contribution in [0.25, 0.3) is 0 Å². The maximum atomic E-state index is 9.54. The Bertz CT molecular complexity index is 462. The van der Waals surface area contributed by atoms with E-state index in [0.717, 1.165) is 38.5 Å². The molecule has 6 atom stereocenters. The van der Waals surface area contributed by atoms with E-state index >= 15 is 0 Å². The summed E-state index contributed by atoms with van der Waals surface area (Å²) in [4.78, 5) is 0. The number of hydrogen-bond acceptors (Lipinski definition) is 4. The summed E-state index contributed by atoms with van der Waals surface area (Å²) in [5, 5.41) is 9.54. The molecule has 3 rings (SSSR count). The highest BCUT2D eigenvalue weighted by Crippen LogP contribution is 2.50. The van der Waals surface area contributed by atoms with Crippen LogP contribution in [0.1, 0.15) is 66.2 Å². The smallest absolute Gasteiger partial charge is 0.0921 e. The molecule has 3 heterocycles. The first-order valence-electron chi connectivity index (χ1n) is 9.03. The lowest BCUT2D eigenvalue weighted by molar-refractivity contribution is 0.203. The van der Waals surface area contributed by atoms with Gasteiger partial charge in [0.25, 0.3) is 0 Å². The Morgan fingerprint density at radius 1 is 0.913 bits per heavy atom. The monoisotopic (exact) mass is 324 g/mol. The molecule has 23 heavy (non-hydrogen) atoms. The van der Waals surface area contributed by atoms with E-state index < -0.39 is 6.10 Å². The first kappa shape index (κ1) is 17.4. The van der Waals surface area contributed by atoms with Crippen LogP contribution in [-0.4, -0.2) is 46.3 Å². The van der Waals surface area contributed by atoms with Crippen LogP contribution in [0.4, 0.5) is 0 Å². The van der Waals surface area contributed by atoms with Crippen LogP contribution in [0.2, 0.25) is 0 Å². The highest BCUT2D eigenvalue weighted by molar-refractivity contribution is 5.06. The van der Waals surface area contributed by atoms with Crippen molar-refractivity contribution in [3.63, 3.8) is 0 Å². The third-order valence-electron chi connectivity index (χ3n) is 6.04. The van der Waals surface area contributed by atoms with Gasteiger partial charge in [-0.15, -0.1) is 6.58 Å². The molecule has 0 saturated carbocycles. The molecule has 0 aliphatic carbocycles. The van der Waals surface area contributed by atoms with E-state index in [2.05, 4.69) is 34.3 Å². The third-order valence-corrected chi connectivity index (χ3v) is 6.04. The van der Waals surface area contributed by atoms with Crippen LogP contribution < -0.4 is 0 Å². The standard InChI is InChI=1S/C19H32O4/c1-6-13(20)7-8-15-18(4,22-15)12-10-16-19(5,23-16)11-9-14-17(2,3)21-14/h6,13-16,20H,1,7-12H2,2-5H3/t13-,14-,15-,16-,18-,19-/m1/s1. The van der Waals surface area contributed by atoms with E-state index in [1.807, 2.05) is 0 Å². The van der Waals surface area contributed by atoms with Gasteiger partial charge in [-0.05, 0) is 66.2 Å². The van der Waals surface area contributed by atoms with Crippen LogP contribution >= 0.6 is 0 Å². The van der Waals surface area contributed by atoms with Crippen molar-refractivity contribution in [1.82, 2.24) is 0 Å². The van der Waals surface area contributed by atoms with E-state index in [0.29, 0.717) is 12.2 Å². The normalized spacial score (nSPS) is 44.7. The van der Waals surface area contributed by atoms with Crippen molar-refractivity contribution in [3.05, 3.63) is 12.7 Å². The van der Waals surface area contributed by atoms with E-state index in [9.17, 15) is 5.11 Å². The van der Waals surface area contributed by atoms with Gasteiger partial charge in [-0.1, -0.05) is 6.08 Å². The summed E-state index contributed by atoms with van der Waals surface area (Å²) < 4.78 is 17.5. The zero-order valence-electron chi connectivity index (χ0n) is 15.0. The summed E-state index contributed by atoms with van der Waals surface area (Å²) in [6.07, 6.45) is 8.14. The van der Waals surface area contributed by atoms with Crippen molar-refractivity contribution in [2.45, 2.75) is 107 Å². The molecule has 0 unspecified atom stereocenters. The number of aliphatic hydroxyl groups excluding tert-OH is 1. The SMILES string of the molecule is C=C[C@@H](O)CC[C@H]1O[C@]1(C)CC[C@H]1O[C@]1(C)CC[C@H]1OC1(C)C. The zero-order chi connectivity index (χ0) is 16.9. The van der Waals surface area contributed by atoms with Gasteiger partial charge in [-0.25, -0.2) is 0 Å². The minimum atomic E-state index is -0.410. The van der Waals surface area contributed by atoms with E-state index in [-0.39, 0.29) is 22.9 Å². The van der Waals surface area contributed by atoms with Gasteiger partial charge in [-0.3, -0.25) is 0 Å². The number of rotatable bonds is 10. The van der Waals surface area contributed by atoms with Gasteiger partial charge in [0.15, 0.2) is 0 Å². The van der Waals surface area contributed by atoms with Crippen LogP contribution in [0.15, 0.2) is 12.7 Å². The molecule has 0 bridgehead atoms. The van der Waals surface area contributed by atoms with Crippen molar-refractivity contribution in [3.8, 4) is 0 Å². The van der Waals surface area contributed by atoms with Gasteiger partial charge in [0, 0.05) is 0 Å². The second-order valence-electron chi connectivity index (χ2n) is 8.51. The Kier molecular flexibility index (Phi) is 4.41. The molecule has 0 spiro atoms. The molecule has 4 nitrogen and oxygen atoms in total. The van der Waals surface area contributed by atoms with Crippen LogP contribution in [-0.2, 0) is 14.2 Å². The van der Waals surface area contributed by atoms with E-state index in [1.54, 1.807) is 6.08 Å². The van der Waals surface area contributed by atoms with Gasteiger partial charge in [0.2, 0.25) is 0 Å². The largest absolute Gasteiger partial charge is 0.389 e. The zero-order valence-corrected chi connectivity index (χ0v) is 15.0. The van der Waals surface area contributed by atoms with E-state index in [1.165, 1.54) is 0 Å². The lowest BCUT2D eigenvalue weighted by atomic mass is 9.91. The quantitative estimate of drug-likeness (QED) is 0.494.